The predicted octanol–water partition coefficient (Wildman–Crippen LogP) is 14.9. The number of fused-ring (bicyclic) bond motifs is 4. The number of furan rings is 1. The summed E-state index contributed by atoms with van der Waals surface area (Å²) in [6.45, 7) is 0. The van der Waals surface area contributed by atoms with Gasteiger partial charge in [-0.05, 0) is 92.9 Å². The summed E-state index contributed by atoms with van der Waals surface area (Å²) in [5, 5.41) is 4.68. The molecule has 0 saturated carbocycles. The van der Waals surface area contributed by atoms with E-state index in [1.54, 1.807) is 0 Å². The Balaban J connectivity index is 1.06. The third-order valence-corrected chi connectivity index (χ3v) is 10.5. The van der Waals surface area contributed by atoms with Crippen LogP contribution in [0.5, 0.6) is 0 Å². The lowest BCUT2D eigenvalue weighted by Crippen LogP contribution is -2.10. The van der Waals surface area contributed by atoms with Crippen molar-refractivity contribution < 1.29 is 4.42 Å². The van der Waals surface area contributed by atoms with Crippen molar-refractivity contribution in [2.45, 2.75) is 0 Å². The van der Waals surface area contributed by atoms with Crippen LogP contribution in [-0.4, -0.2) is 0 Å². The number of para-hydroxylation sites is 2. The van der Waals surface area contributed by atoms with Crippen LogP contribution in [0, 0.1) is 0 Å². The van der Waals surface area contributed by atoms with E-state index in [0.29, 0.717) is 0 Å². The van der Waals surface area contributed by atoms with Crippen molar-refractivity contribution in [1.82, 2.24) is 0 Å². The lowest BCUT2D eigenvalue weighted by atomic mass is 9.97. The second-order valence-electron chi connectivity index (χ2n) is 13.7. The molecule has 0 fully saturated rings. The fraction of sp³-hybridized carbons (Fsp3) is 0. The summed E-state index contributed by atoms with van der Waals surface area (Å²) in [5.41, 5.74) is 14.5. The molecule has 0 aliphatic rings. The van der Waals surface area contributed by atoms with Crippen LogP contribution in [0.4, 0.5) is 17.1 Å². The maximum absolute atomic E-state index is 6.42. The molecule has 1 heterocycles. The van der Waals surface area contributed by atoms with Gasteiger partial charge in [-0.3, -0.25) is 0 Å². The number of hydrogen-bond donors (Lipinski definition) is 0. The van der Waals surface area contributed by atoms with Crippen LogP contribution >= 0.6 is 0 Å². The topological polar surface area (TPSA) is 16.4 Å². The highest BCUT2D eigenvalue weighted by Gasteiger charge is 2.17. The smallest absolute Gasteiger partial charge is 0.143 e. The monoisotopic (exact) mass is 689 g/mol. The Morgan fingerprint density at radius 1 is 0.315 bits per heavy atom. The first kappa shape index (κ1) is 31.6. The van der Waals surface area contributed by atoms with Gasteiger partial charge >= 0.3 is 0 Å². The van der Waals surface area contributed by atoms with Gasteiger partial charge in [-0.15, -0.1) is 0 Å². The van der Waals surface area contributed by atoms with Crippen molar-refractivity contribution in [3.05, 3.63) is 212 Å². The van der Waals surface area contributed by atoms with Gasteiger partial charge in [0.25, 0.3) is 0 Å². The Morgan fingerprint density at radius 2 is 0.852 bits per heavy atom. The molecule has 0 radical (unpaired) electrons. The summed E-state index contributed by atoms with van der Waals surface area (Å²) in [4.78, 5) is 2.38. The molecular weight excluding hydrogens is 655 g/mol. The van der Waals surface area contributed by atoms with Gasteiger partial charge in [0.05, 0.1) is 5.69 Å². The first-order valence-corrected chi connectivity index (χ1v) is 18.4. The number of anilines is 3. The Hall–Kier alpha value is -7.16. The van der Waals surface area contributed by atoms with Crippen LogP contribution in [-0.2, 0) is 0 Å². The summed E-state index contributed by atoms with van der Waals surface area (Å²) in [7, 11) is 0. The molecule has 2 nitrogen and oxygen atoms in total. The largest absolute Gasteiger partial charge is 0.455 e. The second-order valence-corrected chi connectivity index (χ2v) is 13.7. The molecule has 254 valence electrons. The van der Waals surface area contributed by atoms with Crippen LogP contribution in [0.3, 0.4) is 0 Å². The van der Waals surface area contributed by atoms with Crippen LogP contribution < -0.4 is 4.90 Å². The first-order chi connectivity index (χ1) is 26.8. The van der Waals surface area contributed by atoms with E-state index in [1.165, 1.54) is 33.0 Å². The number of rotatable bonds is 7. The van der Waals surface area contributed by atoms with Gasteiger partial charge in [-0.25, -0.2) is 0 Å². The molecule has 0 bridgehead atoms. The summed E-state index contributed by atoms with van der Waals surface area (Å²) in [6, 6.07) is 75.9. The maximum Gasteiger partial charge on any atom is 0.143 e. The van der Waals surface area contributed by atoms with Gasteiger partial charge in [-0.2, -0.15) is 0 Å². The Bertz CT molecular complexity index is 2930. The van der Waals surface area contributed by atoms with E-state index in [-0.39, 0.29) is 0 Å². The molecule has 0 aliphatic carbocycles. The zero-order valence-corrected chi connectivity index (χ0v) is 29.6. The highest BCUT2D eigenvalue weighted by Crippen LogP contribution is 2.42. The molecule has 0 spiro atoms. The molecule has 0 atom stereocenters. The predicted molar refractivity (Wildman–Crippen MR) is 228 cm³/mol. The van der Waals surface area contributed by atoms with Crippen molar-refractivity contribution in [3.63, 3.8) is 0 Å². The quantitative estimate of drug-likeness (QED) is 0.166. The van der Waals surface area contributed by atoms with E-state index in [0.717, 1.165) is 61.3 Å². The average Bonchev–Trinajstić information content (AvgIpc) is 3.64. The Kier molecular flexibility index (Phi) is 7.85. The lowest BCUT2D eigenvalue weighted by Gasteiger charge is -2.27. The van der Waals surface area contributed by atoms with Crippen molar-refractivity contribution in [3.8, 4) is 44.5 Å². The van der Waals surface area contributed by atoms with Crippen molar-refractivity contribution in [2.75, 3.05) is 4.90 Å². The lowest BCUT2D eigenvalue weighted by molar-refractivity contribution is 0.670. The van der Waals surface area contributed by atoms with Gasteiger partial charge in [-0.1, -0.05) is 164 Å². The number of benzene rings is 9. The van der Waals surface area contributed by atoms with Crippen molar-refractivity contribution in [2.24, 2.45) is 0 Å². The highest BCUT2D eigenvalue weighted by molar-refractivity contribution is 6.09. The third kappa shape index (κ3) is 5.71. The normalized spacial score (nSPS) is 11.3. The summed E-state index contributed by atoms with van der Waals surface area (Å²) in [5.74, 6) is 0. The van der Waals surface area contributed by atoms with Crippen LogP contribution in [0.2, 0.25) is 0 Å². The molecule has 1 aromatic heterocycles. The molecule has 10 rings (SSSR count). The summed E-state index contributed by atoms with van der Waals surface area (Å²) < 4.78 is 6.42. The van der Waals surface area contributed by atoms with Crippen molar-refractivity contribution in [1.29, 1.82) is 0 Å². The highest BCUT2D eigenvalue weighted by atomic mass is 16.3. The molecule has 2 heteroatoms. The third-order valence-electron chi connectivity index (χ3n) is 10.5. The molecule has 10 aromatic rings. The summed E-state index contributed by atoms with van der Waals surface area (Å²) >= 11 is 0. The zero-order valence-electron chi connectivity index (χ0n) is 29.6. The van der Waals surface area contributed by atoms with Gasteiger partial charge in [0.15, 0.2) is 0 Å². The first-order valence-electron chi connectivity index (χ1n) is 18.4. The molecule has 0 aliphatic heterocycles. The SMILES string of the molecule is c1ccc(-c2cccc(-c3ccc(N(c4cccc(-c5cccc(-c6cccc7c6oc6ccccc67)c5)c4)c4cccc5ccccc45)cc3)c2)cc1. The second kappa shape index (κ2) is 13.4. The molecule has 0 N–H and O–H groups in total. The van der Waals surface area contributed by atoms with Gasteiger partial charge in [0.1, 0.15) is 11.2 Å². The van der Waals surface area contributed by atoms with Crippen LogP contribution in [0.25, 0.3) is 77.2 Å². The zero-order chi connectivity index (χ0) is 35.8. The van der Waals surface area contributed by atoms with Gasteiger partial charge in [0.2, 0.25) is 0 Å². The Labute approximate surface area is 314 Å². The molecule has 9 aromatic carbocycles. The molecule has 54 heavy (non-hydrogen) atoms. The fourth-order valence-electron chi connectivity index (χ4n) is 7.81. The van der Waals surface area contributed by atoms with Crippen LogP contribution in [0.15, 0.2) is 217 Å². The van der Waals surface area contributed by atoms with E-state index in [1.807, 2.05) is 12.1 Å². The molecular formula is C52H35NO. The Morgan fingerprint density at radius 3 is 1.67 bits per heavy atom. The molecule has 0 amide bonds. The van der Waals surface area contributed by atoms with E-state index >= 15 is 0 Å². The fourth-order valence-corrected chi connectivity index (χ4v) is 7.81. The average molecular weight is 690 g/mol. The number of hydrogen-bond acceptors (Lipinski definition) is 2. The van der Waals surface area contributed by atoms with Gasteiger partial charge < -0.3 is 9.32 Å². The van der Waals surface area contributed by atoms with E-state index in [9.17, 15) is 0 Å². The van der Waals surface area contributed by atoms with Crippen molar-refractivity contribution >= 4 is 49.8 Å². The minimum Gasteiger partial charge on any atom is -0.455 e. The number of nitrogens with zero attached hydrogens (tertiary/aromatic N) is 1. The summed E-state index contributed by atoms with van der Waals surface area (Å²) in [6.07, 6.45) is 0. The minimum absolute atomic E-state index is 0.908. The van der Waals surface area contributed by atoms with E-state index in [2.05, 4.69) is 205 Å². The van der Waals surface area contributed by atoms with Crippen LogP contribution in [0.1, 0.15) is 0 Å². The maximum atomic E-state index is 6.42. The van der Waals surface area contributed by atoms with E-state index in [4.69, 9.17) is 4.42 Å². The minimum atomic E-state index is 0.908. The molecule has 0 unspecified atom stereocenters. The van der Waals surface area contributed by atoms with Gasteiger partial charge in [0, 0.05) is 33.1 Å². The molecule has 0 saturated heterocycles. The van der Waals surface area contributed by atoms with E-state index < -0.39 is 0 Å². The standard InChI is InChI=1S/C52H35NO/c1-2-13-36(14-3-1)39-17-8-18-40(33-39)37-29-31-44(32-30-37)53(50-27-11-16-38-15-4-5-23-46(38)50)45-22-10-20-42(35-45)41-19-9-21-43(34-41)47-25-12-26-49-48-24-6-7-28-51(48)54-52(47)49/h1-35H.